The van der Waals surface area contributed by atoms with Crippen molar-refractivity contribution in [3.05, 3.63) is 281 Å². The van der Waals surface area contributed by atoms with E-state index in [0.717, 1.165) is 87.2 Å². The minimum atomic E-state index is -3.06. The average molecular weight is 2100 g/mol. The number of aliphatic carboxylic acids is 1. The fourth-order valence-corrected chi connectivity index (χ4v) is 23.7. The van der Waals surface area contributed by atoms with Crippen molar-refractivity contribution in [1.29, 1.82) is 0 Å². The van der Waals surface area contributed by atoms with E-state index in [4.69, 9.17) is 4.74 Å². The van der Waals surface area contributed by atoms with E-state index in [0.29, 0.717) is 126 Å². The summed E-state index contributed by atoms with van der Waals surface area (Å²) in [6.45, 7) is -7.97. The van der Waals surface area contributed by atoms with Crippen molar-refractivity contribution in [2.75, 3.05) is 38.1 Å². The second-order valence-electron chi connectivity index (χ2n) is 36.1. The molecule has 137 heavy (non-hydrogen) atoms. The third kappa shape index (κ3) is 19.7. The van der Waals surface area contributed by atoms with E-state index < -0.39 is 81.3 Å². The molecule has 10 aromatic rings. The summed E-state index contributed by atoms with van der Waals surface area (Å²) in [5.74, 6) is -2.27. The average Bonchev–Trinajstić information content (AvgIpc) is 1.21. The third-order valence-electron chi connectivity index (χ3n) is 27.5. The number of carbonyl (C=O) groups excluding carboxylic acids is 7. The Kier molecular flexibility index (Phi) is 28.2. The smallest absolute Gasteiger partial charge is 0.387 e. The van der Waals surface area contributed by atoms with Gasteiger partial charge in [-0.05, 0) is 261 Å². The number of halogens is 11. The standard InChI is InChI=1S/C24H23F2NO5S.C21H19F2NO4.C19H17F2NO5.C18H14BrF2NO2.C12H11BrO.C9H7BrO/c1-23(13-33(30,31)14-23)12-20(28)15-6-7-19-18(10-15)24(8-3-9-24)21(29)27(19)16-4-2-5-17(11-16)32-22(25)26;1-2-27-18(25)13-7-8-17-16(11-13)21(9-4-10-21)19(26)24(17)14-5-3-6-15(12-14)28-20(22)23;20-18(21)27-13-4-1-3-12(10-13)22-15-6-5-11(16(23)24)9-14(15)19(17(25)26)7-2-8-19;19-11-5-6-15-14(9-11)18(7-2-8-18)16(23)22(15)12-3-1-4-13(10-12)24-17(20)21;13-9-3-2-8-6-11(14)12(4-1-5-12)10(8)7-9;10-8-2-1-6-4-9(11)5-7(6)3-8/h2,4-7,10-11,22H,3,8-9,12-14H2,1H3;3,5-8,11-12,20H,2,4,9-10H2,1H3;1,3-6,9-10,18,22H,2,7-8H2,(H,23,24)(H,25,26);1,3-6,9-10,17H,2,7-8H2;2-3,7H,1,4-6H2;1-3H,4-5H2. The molecule has 11 aliphatic rings. The first-order valence-electron chi connectivity index (χ1n) is 44.5. The fourth-order valence-electron chi connectivity index (χ4n) is 20.3. The molecule has 0 bridgehead atoms. The highest BCUT2D eigenvalue weighted by atomic mass is 79.9. The number of sulfone groups is 1. The van der Waals surface area contributed by atoms with Crippen LogP contribution in [0.3, 0.4) is 0 Å². The first kappa shape index (κ1) is 97.9. The molecule has 10 aromatic carbocycles. The highest BCUT2D eigenvalue weighted by Crippen LogP contribution is 2.60. The predicted molar refractivity (Wildman–Crippen MR) is 504 cm³/mol. The molecule has 3 N–H and O–H groups in total. The van der Waals surface area contributed by atoms with Crippen LogP contribution in [0.1, 0.15) is 192 Å². The van der Waals surface area contributed by atoms with Crippen LogP contribution >= 0.6 is 47.8 Å². The summed E-state index contributed by atoms with van der Waals surface area (Å²) in [4.78, 5) is 116. The number of alkyl halides is 8. The number of aromatic carboxylic acids is 1. The highest BCUT2D eigenvalue weighted by Gasteiger charge is 2.59. The molecule has 4 aliphatic heterocycles. The van der Waals surface area contributed by atoms with E-state index in [9.17, 15) is 96.9 Å². The van der Waals surface area contributed by atoms with Gasteiger partial charge in [-0.2, -0.15) is 35.1 Å². The normalized spacial score (nSPS) is 18.2. The van der Waals surface area contributed by atoms with Gasteiger partial charge in [-0.25, -0.2) is 18.0 Å². The number of benzene rings is 10. The molecule has 0 aromatic heterocycles. The molecule has 7 aliphatic carbocycles. The van der Waals surface area contributed by atoms with Gasteiger partial charge in [-0.3, -0.25) is 48.3 Å². The SMILES string of the molecule is CC1(CC(=O)c2ccc3c(c2)C2(CCC2)C(=O)N3c2cccc(OC(F)F)c2)CS(=O)(=O)C1.CCOC(=O)c1ccc2c(c1)C1(CCC1)C(=O)N2c1cccc(OC(F)F)c1.O=C(O)c1ccc(Nc2cccc(OC(F)F)c2)c(C2(C(=O)O)CCC2)c1.O=C1Cc2ccc(Br)cc2C1.O=C1Cc2ccc(Br)cc2C12CCC2.O=C1N(c2cccc(OC(F)F)c2)c2ccc(Br)cc2C12CCC2. The first-order chi connectivity index (χ1) is 65.3. The van der Waals surface area contributed by atoms with Crippen LogP contribution in [-0.4, -0.2) is 116 Å². The number of fused-ring (bicyclic) bond motifs is 9. The van der Waals surface area contributed by atoms with Crippen LogP contribution in [0.4, 0.5) is 80.6 Å². The molecular weight excluding hydrogens is 2000 g/mol. The van der Waals surface area contributed by atoms with Gasteiger partial charge in [0, 0.05) is 85.7 Å². The lowest BCUT2D eigenvalue weighted by atomic mass is 9.63. The monoisotopic (exact) mass is 2090 g/mol. The Morgan fingerprint density at radius 2 is 0.818 bits per heavy atom. The van der Waals surface area contributed by atoms with Gasteiger partial charge in [-0.1, -0.05) is 123 Å². The minimum Gasteiger partial charge on any atom is -0.481 e. The lowest BCUT2D eigenvalue weighted by Crippen LogP contribution is -2.47. The Morgan fingerprint density at radius 3 is 1.25 bits per heavy atom. The van der Waals surface area contributed by atoms with E-state index in [2.05, 4.69) is 84.2 Å². The molecule has 0 unspecified atom stereocenters. The zero-order valence-corrected chi connectivity index (χ0v) is 79.4. The number of carboxylic acid groups (broad SMARTS) is 2. The number of amides is 3. The lowest BCUT2D eigenvalue weighted by molar-refractivity contribution is -0.147. The molecule has 714 valence electrons. The van der Waals surface area contributed by atoms with E-state index in [-0.39, 0.29) is 82.0 Å². The number of hydrogen-bond acceptors (Lipinski definition) is 17. The largest absolute Gasteiger partial charge is 0.481 e. The number of carbonyl (C=O) groups is 9. The topological polar surface area (TPSA) is 296 Å². The van der Waals surface area contributed by atoms with Crippen LogP contribution in [0.25, 0.3) is 0 Å². The van der Waals surface area contributed by atoms with Gasteiger partial charge in [0.15, 0.2) is 15.6 Å². The number of Topliss-reactive ketones (excluding diaryl/α,β-unsaturated/α-hetero) is 3. The Labute approximate surface area is 808 Å². The second-order valence-corrected chi connectivity index (χ2v) is 40.9. The Morgan fingerprint density at radius 1 is 0.423 bits per heavy atom. The van der Waals surface area contributed by atoms with Gasteiger partial charge in [0.1, 0.15) is 34.6 Å². The number of rotatable bonds is 21. The molecule has 4 spiro atoms. The Balaban J connectivity index is 0.000000122. The van der Waals surface area contributed by atoms with E-state index in [1.54, 1.807) is 97.6 Å². The maximum absolute atomic E-state index is 13.5. The number of ketones is 3. The van der Waals surface area contributed by atoms with Crippen LogP contribution in [0, 0.1) is 5.41 Å². The zero-order chi connectivity index (χ0) is 97.6. The maximum atomic E-state index is 13.5. The zero-order valence-electron chi connectivity index (χ0n) is 73.8. The van der Waals surface area contributed by atoms with Crippen LogP contribution < -0.4 is 39.0 Å². The van der Waals surface area contributed by atoms with Crippen LogP contribution in [-0.2, 0) is 89.7 Å². The summed E-state index contributed by atoms with van der Waals surface area (Å²) in [5, 5.41) is 22.0. The van der Waals surface area contributed by atoms with Crippen molar-refractivity contribution < 1.29 is 121 Å². The summed E-state index contributed by atoms with van der Waals surface area (Å²) in [6.07, 6.45) is 14.0. The predicted octanol–water partition coefficient (Wildman–Crippen LogP) is 23.5. The van der Waals surface area contributed by atoms with Crippen molar-refractivity contribution in [3.63, 3.8) is 0 Å². The first-order valence-corrected chi connectivity index (χ1v) is 48.7. The number of ether oxygens (including phenoxy) is 5. The summed E-state index contributed by atoms with van der Waals surface area (Å²) < 4.78 is 149. The van der Waals surface area contributed by atoms with Crippen molar-refractivity contribution in [3.8, 4) is 23.0 Å². The molecule has 1 saturated heterocycles. The second kappa shape index (κ2) is 39.4. The Hall–Kier alpha value is -12.1. The molecule has 0 radical (unpaired) electrons. The minimum absolute atomic E-state index is 0.00388. The van der Waals surface area contributed by atoms with Crippen molar-refractivity contribution >= 4 is 156 Å². The molecule has 21 rings (SSSR count). The molecule has 0 atom stereocenters. The molecule has 6 fully saturated rings. The molecule has 22 nitrogen and oxygen atoms in total. The molecule has 3 amide bonds. The quantitative estimate of drug-likeness (QED) is 0.0342. The van der Waals surface area contributed by atoms with Crippen LogP contribution in [0.5, 0.6) is 23.0 Å². The molecule has 4 heterocycles. The van der Waals surface area contributed by atoms with Crippen molar-refractivity contribution in [1.82, 2.24) is 0 Å². The van der Waals surface area contributed by atoms with E-state index in [1.165, 1.54) is 111 Å². The van der Waals surface area contributed by atoms with Gasteiger partial charge >= 0.3 is 44.4 Å². The number of nitrogens with zero attached hydrogens (tertiary/aromatic N) is 3. The number of nitrogens with one attached hydrogen (secondary N) is 1. The van der Waals surface area contributed by atoms with Crippen molar-refractivity contribution in [2.24, 2.45) is 5.41 Å². The maximum Gasteiger partial charge on any atom is 0.387 e. The number of anilines is 8. The molecule has 5 saturated carbocycles. The highest BCUT2D eigenvalue weighted by molar-refractivity contribution is 9.11. The van der Waals surface area contributed by atoms with Gasteiger partial charge in [0.2, 0.25) is 17.7 Å². The summed E-state index contributed by atoms with van der Waals surface area (Å²) in [6, 6.07) is 56.7. The summed E-state index contributed by atoms with van der Waals surface area (Å²) >= 11 is 10.3. The van der Waals surface area contributed by atoms with Crippen molar-refractivity contribution in [2.45, 2.75) is 189 Å². The number of hydrogen-bond donors (Lipinski definition) is 3. The van der Waals surface area contributed by atoms with Gasteiger partial charge in [0.25, 0.3) is 0 Å². The summed E-state index contributed by atoms with van der Waals surface area (Å²) in [5.41, 5.74) is 9.37. The lowest BCUT2D eigenvalue weighted by Gasteiger charge is -2.39. The Bertz CT molecular complexity index is 6590. The summed E-state index contributed by atoms with van der Waals surface area (Å²) in [7, 11) is -3.06. The number of carboxylic acids is 2. The van der Waals surface area contributed by atoms with E-state index in [1.807, 2.05) is 42.5 Å². The van der Waals surface area contributed by atoms with Gasteiger partial charge in [0.05, 0.1) is 90.4 Å². The fraction of sp³-hybridized carbons (Fsp3) is 0.330. The van der Waals surface area contributed by atoms with Gasteiger partial charge < -0.3 is 39.2 Å². The molecular formula is C103H91Br3F8N4O18S. The third-order valence-corrected chi connectivity index (χ3v) is 31.3. The van der Waals surface area contributed by atoms with Crippen LogP contribution in [0.2, 0.25) is 0 Å². The van der Waals surface area contributed by atoms with Crippen LogP contribution in [0.15, 0.2) is 220 Å². The number of esters is 1. The van der Waals surface area contributed by atoms with E-state index >= 15 is 0 Å². The molecule has 34 heteroatoms. The van der Waals surface area contributed by atoms with Gasteiger partial charge in [-0.15, -0.1) is 0 Å².